The Balaban J connectivity index is 2.13. The van der Waals surface area contributed by atoms with Crippen LogP contribution in [0.1, 0.15) is 38.2 Å². The van der Waals surface area contributed by atoms with Gasteiger partial charge in [0.25, 0.3) is 0 Å². The minimum Gasteiger partial charge on any atom is -0.416 e. The number of benzene rings is 2. The number of fused-ring (bicyclic) bond motifs is 1. The van der Waals surface area contributed by atoms with Crippen LogP contribution >= 0.6 is 0 Å². The average Bonchev–Trinajstić information content (AvgIpc) is 2.67. The molecule has 2 aromatic carbocycles. The molecule has 0 radical (unpaired) electrons. The molecule has 1 aliphatic carbocycles. The van der Waals surface area contributed by atoms with Gasteiger partial charge >= 0.3 is 11.8 Å². The zero-order valence-electron chi connectivity index (χ0n) is 15.7. The molecule has 3 nitrogen and oxygen atoms in total. The van der Waals surface area contributed by atoms with E-state index >= 15 is 0 Å². The normalized spacial score (nSPS) is 20.9. The summed E-state index contributed by atoms with van der Waals surface area (Å²) >= 11 is 0. The fourth-order valence-corrected chi connectivity index (χ4v) is 2.99. The summed E-state index contributed by atoms with van der Waals surface area (Å²) in [6.07, 6.45) is 5.35. The van der Waals surface area contributed by atoms with Gasteiger partial charge in [-0.3, -0.25) is 4.79 Å². The fraction of sp³-hybridized carbons (Fsp3) is 0.292. The molecule has 3 rings (SSSR count). The maximum absolute atomic E-state index is 11.8. The van der Waals surface area contributed by atoms with E-state index in [0.29, 0.717) is 5.57 Å². The predicted molar refractivity (Wildman–Crippen MR) is 107 cm³/mol. The molecular formula is C24H22O3. The fourth-order valence-electron chi connectivity index (χ4n) is 2.99. The maximum atomic E-state index is 11.8. The molecule has 0 N–H and O–H groups in total. The van der Waals surface area contributed by atoms with Crippen LogP contribution in [0, 0.1) is 23.7 Å². The summed E-state index contributed by atoms with van der Waals surface area (Å²) in [5, 5.41) is 2.29. The second kappa shape index (κ2) is 8.58. The summed E-state index contributed by atoms with van der Waals surface area (Å²) in [6, 6.07) is 14.3. The Morgan fingerprint density at radius 3 is 2.56 bits per heavy atom. The minimum absolute atomic E-state index is 0.463. The van der Waals surface area contributed by atoms with E-state index in [4.69, 9.17) is 9.47 Å². The summed E-state index contributed by atoms with van der Waals surface area (Å²) in [5.41, 5.74) is 1.48. The third kappa shape index (κ3) is 4.59. The first-order chi connectivity index (χ1) is 13.1. The van der Waals surface area contributed by atoms with Crippen molar-refractivity contribution in [3.05, 3.63) is 53.6 Å². The summed E-state index contributed by atoms with van der Waals surface area (Å²) in [5.74, 6) is 10.5. The van der Waals surface area contributed by atoms with Gasteiger partial charge in [-0.25, -0.2) is 0 Å². The molecule has 1 aliphatic rings. The molecule has 1 unspecified atom stereocenters. The second-order valence-electron chi connectivity index (χ2n) is 6.39. The number of carbonyl (C=O) groups excluding carboxylic acids is 1. The van der Waals surface area contributed by atoms with Crippen LogP contribution in [0.5, 0.6) is 0 Å². The van der Waals surface area contributed by atoms with E-state index in [2.05, 4.69) is 47.9 Å². The first-order valence-electron chi connectivity index (χ1n) is 9.07. The van der Waals surface area contributed by atoms with Crippen LogP contribution in [-0.2, 0) is 14.3 Å². The van der Waals surface area contributed by atoms with E-state index < -0.39 is 11.8 Å². The van der Waals surface area contributed by atoms with E-state index in [-0.39, 0.29) is 0 Å². The van der Waals surface area contributed by atoms with Gasteiger partial charge in [0.1, 0.15) is 0 Å². The van der Waals surface area contributed by atoms with Crippen molar-refractivity contribution in [3.63, 3.8) is 0 Å². The van der Waals surface area contributed by atoms with Crippen molar-refractivity contribution >= 4 is 22.8 Å². The number of rotatable bonds is 3. The van der Waals surface area contributed by atoms with Crippen molar-refractivity contribution in [1.82, 2.24) is 0 Å². The summed E-state index contributed by atoms with van der Waals surface area (Å²) in [7, 11) is 1.49. The van der Waals surface area contributed by atoms with Gasteiger partial charge in [0, 0.05) is 26.9 Å². The van der Waals surface area contributed by atoms with E-state index in [0.717, 1.165) is 42.0 Å². The number of esters is 1. The molecule has 1 atom stereocenters. The topological polar surface area (TPSA) is 35.5 Å². The van der Waals surface area contributed by atoms with Crippen LogP contribution < -0.4 is 0 Å². The first-order valence-corrected chi connectivity index (χ1v) is 9.07. The molecule has 3 heteroatoms. The predicted octanol–water partition coefficient (Wildman–Crippen LogP) is 4.71. The van der Waals surface area contributed by atoms with Crippen molar-refractivity contribution < 1.29 is 14.3 Å². The van der Waals surface area contributed by atoms with Crippen molar-refractivity contribution in [2.75, 3.05) is 7.11 Å². The SMILES string of the molecule is COC1(OC(C)=O)C#CCCCCC#CC1=Cc1ccc2ccccc2c1. The van der Waals surface area contributed by atoms with Crippen molar-refractivity contribution in [1.29, 1.82) is 0 Å². The van der Waals surface area contributed by atoms with Crippen LogP contribution in [-0.4, -0.2) is 18.9 Å². The average molecular weight is 358 g/mol. The summed E-state index contributed by atoms with van der Waals surface area (Å²) in [6.45, 7) is 1.35. The highest BCUT2D eigenvalue weighted by atomic mass is 16.7. The van der Waals surface area contributed by atoms with Gasteiger partial charge in [-0.2, -0.15) is 0 Å². The third-order valence-corrected chi connectivity index (χ3v) is 4.34. The van der Waals surface area contributed by atoms with Crippen molar-refractivity contribution in [2.45, 2.75) is 38.4 Å². The Morgan fingerprint density at radius 2 is 1.81 bits per heavy atom. The molecule has 0 aromatic heterocycles. The molecule has 0 fully saturated rings. The van der Waals surface area contributed by atoms with E-state index in [1.54, 1.807) is 0 Å². The Hall–Kier alpha value is -3.01. The molecule has 136 valence electrons. The molecule has 0 spiro atoms. The molecule has 0 aliphatic heterocycles. The molecule has 2 aromatic rings. The molecule has 0 amide bonds. The number of methoxy groups -OCH3 is 1. The van der Waals surface area contributed by atoms with Crippen LogP contribution in [0.2, 0.25) is 0 Å². The zero-order valence-corrected chi connectivity index (χ0v) is 15.7. The van der Waals surface area contributed by atoms with Gasteiger partial charge in [-0.1, -0.05) is 54.2 Å². The van der Waals surface area contributed by atoms with Crippen molar-refractivity contribution in [3.8, 4) is 23.7 Å². The lowest BCUT2D eigenvalue weighted by atomic mass is 9.99. The van der Waals surface area contributed by atoms with Gasteiger partial charge in [0.2, 0.25) is 0 Å². The molecular weight excluding hydrogens is 336 g/mol. The Bertz CT molecular complexity index is 995. The Kier molecular flexibility index (Phi) is 5.97. The third-order valence-electron chi connectivity index (χ3n) is 4.34. The lowest BCUT2D eigenvalue weighted by molar-refractivity contribution is -0.180. The van der Waals surface area contributed by atoms with Gasteiger partial charge in [0.05, 0.1) is 5.57 Å². The Morgan fingerprint density at radius 1 is 1.07 bits per heavy atom. The van der Waals surface area contributed by atoms with Crippen LogP contribution in [0.3, 0.4) is 0 Å². The highest BCUT2D eigenvalue weighted by molar-refractivity contribution is 5.85. The van der Waals surface area contributed by atoms with Gasteiger partial charge in [-0.15, -0.1) is 0 Å². The molecule has 0 saturated carbocycles. The zero-order chi connectivity index (χ0) is 19.1. The van der Waals surface area contributed by atoms with E-state index in [1.807, 2.05) is 24.3 Å². The maximum Gasteiger partial charge on any atom is 0.313 e. The smallest absolute Gasteiger partial charge is 0.313 e. The number of hydrogen-bond acceptors (Lipinski definition) is 3. The molecule has 0 saturated heterocycles. The van der Waals surface area contributed by atoms with E-state index in [1.165, 1.54) is 14.0 Å². The van der Waals surface area contributed by atoms with Crippen LogP contribution in [0.4, 0.5) is 0 Å². The minimum atomic E-state index is -1.48. The quantitative estimate of drug-likeness (QED) is 0.453. The van der Waals surface area contributed by atoms with Gasteiger partial charge in [-0.05, 0) is 47.2 Å². The lowest BCUT2D eigenvalue weighted by Gasteiger charge is -2.26. The standard InChI is InChI=1S/C24H22O3/c1-19(25)27-24(26-2)16-10-6-4-3-5-7-13-23(24)18-20-14-15-21-11-8-9-12-22(21)17-20/h8-9,11-12,14-15,17-18H,3-6H2,1-2H3. The summed E-state index contributed by atoms with van der Waals surface area (Å²) in [4.78, 5) is 11.8. The van der Waals surface area contributed by atoms with E-state index in [9.17, 15) is 4.79 Å². The highest BCUT2D eigenvalue weighted by Gasteiger charge is 2.36. The lowest BCUT2D eigenvalue weighted by Crippen LogP contribution is -2.37. The second-order valence-corrected chi connectivity index (χ2v) is 6.39. The number of ether oxygens (including phenoxy) is 2. The monoisotopic (exact) mass is 358 g/mol. The van der Waals surface area contributed by atoms with Crippen molar-refractivity contribution in [2.24, 2.45) is 0 Å². The van der Waals surface area contributed by atoms with Gasteiger partial charge < -0.3 is 9.47 Å². The van der Waals surface area contributed by atoms with Gasteiger partial charge in [0.15, 0.2) is 0 Å². The number of hydrogen-bond donors (Lipinski definition) is 0. The molecule has 0 heterocycles. The highest BCUT2D eigenvalue weighted by Crippen LogP contribution is 2.27. The van der Waals surface area contributed by atoms with Crippen LogP contribution in [0.25, 0.3) is 16.8 Å². The van der Waals surface area contributed by atoms with Crippen LogP contribution in [0.15, 0.2) is 48.0 Å². The molecule has 0 bridgehead atoms. The number of carbonyl (C=O) groups is 1. The molecule has 27 heavy (non-hydrogen) atoms. The Labute approximate surface area is 160 Å². The summed E-state index contributed by atoms with van der Waals surface area (Å²) < 4.78 is 11.1. The first kappa shape index (κ1) is 18.8. The largest absolute Gasteiger partial charge is 0.416 e.